The zero-order valence-electron chi connectivity index (χ0n) is 18.8. The molecular formula is C27H36N2O2. The molecule has 0 saturated heterocycles. The summed E-state index contributed by atoms with van der Waals surface area (Å²) in [4.78, 5) is 18.7. The summed E-state index contributed by atoms with van der Waals surface area (Å²) in [6, 6.07) is 10.3. The van der Waals surface area contributed by atoms with Gasteiger partial charge in [-0.2, -0.15) is 0 Å². The van der Waals surface area contributed by atoms with E-state index >= 15 is 0 Å². The summed E-state index contributed by atoms with van der Waals surface area (Å²) in [5.74, 6) is 0.512. The van der Waals surface area contributed by atoms with Crippen LogP contribution in [-0.4, -0.2) is 35.4 Å². The normalized spacial score (nSPS) is 21.2. The van der Waals surface area contributed by atoms with Crippen LogP contribution in [0.25, 0.3) is 5.57 Å². The Labute approximate surface area is 187 Å². The summed E-state index contributed by atoms with van der Waals surface area (Å²) in [7, 11) is 1.83. The number of benzene rings is 1. The molecule has 166 valence electrons. The van der Waals surface area contributed by atoms with Gasteiger partial charge in [0.1, 0.15) is 5.84 Å². The summed E-state index contributed by atoms with van der Waals surface area (Å²) >= 11 is 0. The molecule has 3 rings (SSSR count). The highest BCUT2D eigenvalue weighted by atomic mass is 16.4. The van der Waals surface area contributed by atoms with Crippen LogP contribution in [0, 0.1) is 11.8 Å². The molecule has 1 heterocycles. The molecule has 0 bridgehead atoms. The molecule has 2 aliphatic rings. The Hall–Kier alpha value is -2.62. The maximum absolute atomic E-state index is 11.9. The van der Waals surface area contributed by atoms with Crippen molar-refractivity contribution >= 4 is 17.4 Å². The lowest BCUT2D eigenvalue weighted by Crippen LogP contribution is -2.25. The van der Waals surface area contributed by atoms with Gasteiger partial charge < -0.3 is 10.0 Å². The van der Waals surface area contributed by atoms with E-state index in [-0.39, 0.29) is 5.92 Å². The second kappa shape index (κ2) is 11.7. The Kier molecular flexibility index (Phi) is 8.69. The molecule has 1 aromatic carbocycles. The van der Waals surface area contributed by atoms with Crippen LogP contribution in [-0.2, 0) is 4.79 Å². The van der Waals surface area contributed by atoms with Crippen molar-refractivity contribution in [1.82, 2.24) is 4.90 Å². The van der Waals surface area contributed by atoms with Crippen molar-refractivity contribution in [1.29, 1.82) is 0 Å². The maximum Gasteiger partial charge on any atom is 0.306 e. The highest BCUT2D eigenvalue weighted by molar-refractivity contribution is 6.16. The Morgan fingerprint density at radius 1 is 1.19 bits per heavy atom. The van der Waals surface area contributed by atoms with Crippen molar-refractivity contribution < 1.29 is 9.90 Å². The zero-order chi connectivity index (χ0) is 22.1. The van der Waals surface area contributed by atoms with Gasteiger partial charge in [0, 0.05) is 30.9 Å². The number of carboxylic acid groups (broad SMARTS) is 1. The van der Waals surface area contributed by atoms with E-state index < -0.39 is 5.97 Å². The molecule has 4 heteroatoms. The second-order valence-corrected chi connectivity index (χ2v) is 8.66. The van der Waals surface area contributed by atoms with Gasteiger partial charge in [-0.3, -0.25) is 9.79 Å². The molecule has 1 unspecified atom stereocenters. The van der Waals surface area contributed by atoms with Crippen LogP contribution in [0.1, 0.15) is 63.4 Å². The first kappa shape index (κ1) is 23.1. The predicted octanol–water partition coefficient (Wildman–Crippen LogP) is 6.33. The fraction of sp³-hybridized carbons (Fsp3) is 0.481. The van der Waals surface area contributed by atoms with Gasteiger partial charge in [0.15, 0.2) is 0 Å². The molecule has 0 amide bonds. The lowest BCUT2D eigenvalue weighted by atomic mass is 9.83. The van der Waals surface area contributed by atoms with E-state index in [1.807, 2.05) is 37.4 Å². The minimum absolute atomic E-state index is 0.192. The Bertz CT molecular complexity index is 830. The van der Waals surface area contributed by atoms with Crippen molar-refractivity contribution in [2.45, 2.75) is 57.8 Å². The summed E-state index contributed by atoms with van der Waals surface area (Å²) in [6.07, 6.45) is 15.7. The molecule has 1 aromatic rings. The van der Waals surface area contributed by atoms with Crippen LogP contribution in [0.15, 0.2) is 65.8 Å². The van der Waals surface area contributed by atoms with E-state index in [0.717, 1.165) is 55.6 Å². The highest BCUT2D eigenvalue weighted by Gasteiger charge is 2.29. The minimum Gasteiger partial charge on any atom is -0.481 e. The van der Waals surface area contributed by atoms with Gasteiger partial charge in [-0.15, -0.1) is 0 Å². The van der Waals surface area contributed by atoms with Crippen LogP contribution in [0.3, 0.4) is 0 Å². The number of hydrogen-bond acceptors (Lipinski definition) is 2. The number of nitrogens with zero attached hydrogens (tertiary/aromatic N) is 2. The predicted molar refractivity (Wildman–Crippen MR) is 129 cm³/mol. The fourth-order valence-corrected chi connectivity index (χ4v) is 5.03. The molecule has 0 spiro atoms. The van der Waals surface area contributed by atoms with Gasteiger partial charge in [0.2, 0.25) is 0 Å². The molecule has 0 radical (unpaired) electrons. The number of rotatable bonds is 9. The molecule has 1 saturated carbocycles. The molecule has 1 aliphatic carbocycles. The maximum atomic E-state index is 11.9. The van der Waals surface area contributed by atoms with E-state index in [0.29, 0.717) is 5.92 Å². The molecule has 1 atom stereocenters. The molecule has 4 nitrogen and oxygen atoms in total. The average Bonchev–Trinajstić information content (AvgIpc) is 2.93. The number of carboxylic acids is 1. The summed E-state index contributed by atoms with van der Waals surface area (Å²) < 4.78 is 0. The average molecular weight is 421 g/mol. The van der Waals surface area contributed by atoms with Gasteiger partial charge in [0.05, 0.1) is 5.92 Å². The van der Waals surface area contributed by atoms with Gasteiger partial charge in [-0.25, -0.2) is 0 Å². The smallest absolute Gasteiger partial charge is 0.306 e. The van der Waals surface area contributed by atoms with E-state index in [1.165, 1.54) is 31.2 Å². The van der Waals surface area contributed by atoms with Crippen LogP contribution in [0.4, 0.5) is 0 Å². The SMILES string of the molecule is C=C/C=C1/C(c2ccccc2)=CN(CCCCC(C(=O)O)C2CCCCCC2)C1=NC. The van der Waals surface area contributed by atoms with E-state index in [4.69, 9.17) is 0 Å². The first-order chi connectivity index (χ1) is 15.2. The molecule has 1 aliphatic heterocycles. The third-order valence-electron chi connectivity index (χ3n) is 6.62. The van der Waals surface area contributed by atoms with Crippen LogP contribution in [0.5, 0.6) is 0 Å². The third kappa shape index (κ3) is 5.96. The monoisotopic (exact) mass is 420 g/mol. The number of aliphatic imine (C=N–C) groups is 1. The number of carbonyl (C=O) groups is 1. The van der Waals surface area contributed by atoms with Crippen molar-refractivity contribution in [2.75, 3.05) is 13.6 Å². The number of unbranched alkanes of at least 4 members (excludes halogenated alkanes) is 1. The van der Waals surface area contributed by atoms with Gasteiger partial charge in [-0.05, 0) is 37.2 Å². The quantitative estimate of drug-likeness (QED) is 0.375. The zero-order valence-corrected chi connectivity index (χ0v) is 18.8. The van der Waals surface area contributed by atoms with Crippen LogP contribution >= 0.6 is 0 Å². The van der Waals surface area contributed by atoms with Crippen molar-refractivity contribution in [2.24, 2.45) is 16.8 Å². The Morgan fingerprint density at radius 3 is 2.52 bits per heavy atom. The number of aliphatic carboxylic acids is 1. The molecule has 0 aromatic heterocycles. The highest BCUT2D eigenvalue weighted by Crippen LogP contribution is 2.34. The molecule has 31 heavy (non-hydrogen) atoms. The van der Waals surface area contributed by atoms with Gasteiger partial charge in [-0.1, -0.05) is 81.2 Å². The molecule has 1 N–H and O–H groups in total. The van der Waals surface area contributed by atoms with Crippen molar-refractivity contribution in [3.63, 3.8) is 0 Å². The third-order valence-corrected chi connectivity index (χ3v) is 6.62. The lowest BCUT2D eigenvalue weighted by molar-refractivity contribution is -0.144. The molecule has 1 fully saturated rings. The first-order valence-electron chi connectivity index (χ1n) is 11.7. The van der Waals surface area contributed by atoms with Gasteiger partial charge in [0.25, 0.3) is 0 Å². The number of allylic oxidation sites excluding steroid dienone is 2. The van der Waals surface area contributed by atoms with E-state index in [9.17, 15) is 9.90 Å². The van der Waals surface area contributed by atoms with Crippen molar-refractivity contribution in [3.05, 3.63) is 66.4 Å². The summed E-state index contributed by atoms with van der Waals surface area (Å²) in [5.41, 5.74) is 3.41. The Morgan fingerprint density at radius 2 is 1.90 bits per heavy atom. The van der Waals surface area contributed by atoms with Crippen molar-refractivity contribution in [3.8, 4) is 0 Å². The topological polar surface area (TPSA) is 52.9 Å². The fourth-order valence-electron chi connectivity index (χ4n) is 5.03. The minimum atomic E-state index is -0.605. The number of hydrogen-bond donors (Lipinski definition) is 1. The van der Waals surface area contributed by atoms with E-state index in [1.54, 1.807) is 0 Å². The van der Waals surface area contributed by atoms with E-state index in [2.05, 4.69) is 34.8 Å². The number of amidine groups is 1. The lowest BCUT2D eigenvalue weighted by Gasteiger charge is -2.23. The second-order valence-electron chi connectivity index (χ2n) is 8.66. The summed E-state index contributed by atoms with van der Waals surface area (Å²) in [6.45, 7) is 4.72. The first-order valence-corrected chi connectivity index (χ1v) is 11.7. The van der Waals surface area contributed by atoms with Gasteiger partial charge >= 0.3 is 5.97 Å². The van der Waals surface area contributed by atoms with Crippen LogP contribution in [0.2, 0.25) is 0 Å². The largest absolute Gasteiger partial charge is 0.481 e. The Balaban J connectivity index is 1.63. The summed E-state index contributed by atoms with van der Waals surface area (Å²) in [5, 5.41) is 9.81. The molecular weight excluding hydrogens is 384 g/mol. The van der Waals surface area contributed by atoms with Crippen LogP contribution < -0.4 is 0 Å². The standard InChI is InChI=1S/C27H36N2O2/c1-3-13-24-25(22-16-9-6-10-17-22)20-29(26(24)28-2)19-12-11-18-23(27(30)31)21-14-7-4-5-8-15-21/h3,6,9-10,13,16-17,20-21,23H,1,4-5,7-8,11-12,14-15,18-19H2,2H3,(H,30,31)/b24-13-,28-26?.